The molecule has 0 radical (unpaired) electrons. The van der Waals surface area contributed by atoms with Crippen LogP contribution in [0.4, 0.5) is 0 Å². The molecule has 29 heavy (non-hydrogen) atoms. The predicted octanol–water partition coefficient (Wildman–Crippen LogP) is 4.67. The van der Waals surface area contributed by atoms with E-state index in [0.717, 1.165) is 31.4 Å². The Morgan fingerprint density at radius 3 is 2.52 bits per heavy atom. The number of piperidine rings is 1. The van der Waals surface area contributed by atoms with Gasteiger partial charge < -0.3 is 9.64 Å². The molecule has 1 aliphatic rings. The second-order valence-electron chi connectivity index (χ2n) is 7.26. The Kier molecular flexibility index (Phi) is 5.90. The van der Waals surface area contributed by atoms with Crippen molar-refractivity contribution in [2.75, 3.05) is 19.7 Å². The first-order valence-corrected chi connectivity index (χ1v) is 10.8. The first kappa shape index (κ1) is 19.6. The zero-order valence-electron chi connectivity index (χ0n) is 16.5. The number of rotatable bonds is 6. The zero-order chi connectivity index (χ0) is 20.2. The summed E-state index contributed by atoms with van der Waals surface area (Å²) < 4.78 is 6.85. The van der Waals surface area contributed by atoms with Gasteiger partial charge in [0.1, 0.15) is 5.75 Å². The van der Waals surface area contributed by atoms with Crippen molar-refractivity contribution >= 4 is 33.2 Å². The van der Waals surface area contributed by atoms with Gasteiger partial charge >= 0.3 is 0 Å². The average molecular weight is 409 g/mol. The molecule has 0 aliphatic carbocycles. The van der Waals surface area contributed by atoms with E-state index in [1.807, 2.05) is 24.0 Å². The highest BCUT2D eigenvalue weighted by Gasteiger charge is 2.26. The van der Waals surface area contributed by atoms with Crippen molar-refractivity contribution in [1.29, 1.82) is 0 Å². The highest BCUT2D eigenvalue weighted by atomic mass is 32.1. The summed E-state index contributed by atoms with van der Waals surface area (Å²) in [5.74, 6) is 1.13. The van der Waals surface area contributed by atoms with Crippen molar-refractivity contribution in [3.05, 3.63) is 59.1 Å². The van der Waals surface area contributed by atoms with Gasteiger partial charge in [-0.25, -0.2) is 4.98 Å². The number of ketones is 1. The van der Waals surface area contributed by atoms with E-state index in [1.54, 1.807) is 35.6 Å². The van der Waals surface area contributed by atoms with E-state index >= 15 is 0 Å². The van der Waals surface area contributed by atoms with Crippen LogP contribution in [-0.4, -0.2) is 41.3 Å². The third-order valence-corrected chi connectivity index (χ3v) is 6.57. The number of fused-ring (bicyclic) bond motifs is 1. The van der Waals surface area contributed by atoms with E-state index in [2.05, 4.69) is 12.1 Å². The number of carbonyl (C=O) groups is 2. The first-order valence-electron chi connectivity index (χ1n) is 10.0. The Bertz CT molecular complexity index is 971. The SMILES string of the molecule is CCC(=O)c1ccc(OCC(=O)N2CCC(c3nc4ccccc4s3)CC2)cc1. The van der Waals surface area contributed by atoms with E-state index in [9.17, 15) is 9.59 Å². The lowest BCUT2D eigenvalue weighted by atomic mass is 9.97. The Morgan fingerprint density at radius 2 is 1.83 bits per heavy atom. The summed E-state index contributed by atoms with van der Waals surface area (Å²) in [6, 6.07) is 15.2. The molecule has 0 saturated carbocycles. The maximum Gasteiger partial charge on any atom is 0.260 e. The predicted molar refractivity (Wildman–Crippen MR) is 115 cm³/mol. The maximum atomic E-state index is 12.5. The Hall–Kier alpha value is -2.73. The van der Waals surface area contributed by atoms with Crippen molar-refractivity contribution in [1.82, 2.24) is 9.88 Å². The molecule has 0 N–H and O–H groups in total. The minimum Gasteiger partial charge on any atom is -0.484 e. The number of likely N-dealkylation sites (tertiary alicyclic amines) is 1. The maximum absolute atomic E-state index is 12.5. The second kappa shape index (κ2) is 8.74. The number of hydrogen-bond donors (Lipinski definition) is 0. The molecule has 1 aromatic heterocycles. The van der Waals surface area contributed by atoms with Crippen LogP contribution in [0.15, 0.2) is 48.5 Å². The zero-order valence-corrected chi connectivity index (χ0v) is 17.3. The van der Waals surface area contributed by atoms with Gasteiger partial charge in [-0.15, -0.1) is 11.3 Å². The first-order chi connectivity index (χ1) is 14.1. The minimum absolute atomic E-state index is 0.00135. The Balaban J connectivity index is 1.28. The fourth-order valence-electron chi connectivity index (χ4n) is 3.62. The van der Waals surface area contributed by atoms with Crippen LogP contribution in [0.1, 0.15) is 47.5 Å². The van der Waals surface area contributed by atoms with Gasteiger partial charge in [0.15, 0.2) is 12.4 Å². The number of benzene rings is 2. The van der Waals surface area contributed by atoms with Gasteiger partial charge in [-0.2, -0.15) is 0 Å². The molecule has 150 valence electrons. The molecule has 1 aliphatic heterocycles. The van der Waals surface area contributed by atoms with Gasteiger partial charge in [0, 0.05) is 31.0 Å². The summed E-state index contributed by atoms with van der Waals surface area (Å²) in [4.78, 5) is 30.8. The van der Waals surface area contributed by atoms with Gasteiger partial charge in [0.2, 0.25) is 0 Å². The van der Waals surface area contributed by atoms with Crippen LogP contribution in [0, 0.1) is 0 Å². The highest BCUT2D eigenvalue weighted by molar-refractivity contribution is 7.18. The van der Waals surface area contributed by atoms with E-state index in [-0.39, 0.29) is 18.3 Å². The lowest BCUT2D eigenvalue weighted by Gasteiger charge is -2.31. The molecule has 1 fully saturated rings. The summed E-state index contributed by atoms with van der Waals surface area (Å²) >= 11 is 1.76. The number of hydrogen-bond acceptors (Lipinski definition) is 5. The standard InChI is InChI=1S/C23H24N2O3S/c1-2-20(26)16-7-9-18(10-8-16)28-15-22(27)25-13-11-17(12-14-25)23-24-19-5-3-4-6-21(19)29-23/h3-10,17H,2,11-15H2,1H3. The van der Waals surface area contributed by atoms with Crippen LogP contribution in [0.25, 0.3) is 10.2 Å². The average Bonchev–Trinajstić information content (AvgIpc) is 3.22. The highest BCUT2D eigenvalue weighted by Crippen LogP contribution is 2.33. The number of carbonyl (C=O) groups excluding carboxylic acids is 2. The number of ether oxygens (including phenoxy) is 1. The Morgan fingerprint density at radius 1 is 1.10 bits per heavy atom. The van der Waals surface area contributed by atoms with Crippen LogP contribution >= 0.6 is 11.3 Å². The van der Waals surface area contributed by atoms with Crippen molar-refractivity contribution in [3.63, 3.8) is 0 Å². The molecule has 4 rings (SSSR count). The van der Waals surface area contributed by atoms with Crippen molar-refractivity contribution in [2.24, 2.45) is 0 Å². The van der Waals surface area contributed by atoms with Crippen molar-refractivity contribution in [3.8, 4) is 5.75 Å². The van der Waals surface area contributed by atoms with Gasteiger partial charge in [0.25, 0.3) is 5.91 Å². The van der Waals surface area contributed by atoms with Gasteiger partial charge in [0.05, 0.1) is 15.2 Å². The molecule has 0 atom stereocenters. The summed E-state index contributed by atoms with van der Waals surface area (Å²) in [5.41, 5.74) is 1.73. The summed E-state index contributed by atoms with van der Waals surface area (Å²) in [6.07, 6.45) is 2.34. The van der Waals surface area contributed by atoms with Gasteiger partial charge in [-0.3, -0.25) is 9.59 Å². The van der Waals surface area contributed by atoms with Crippen molar-refractivity contribution < 1.29 is 14.3 Å². The van der Waals surface area contributed by atoms with Crippen LogP contribution < -0.4 is 4.74 Å². The normalized spacial score (nSPS) is 14.9. The van der Waals surface area contributed by atoms with E-state index in [4.69, 9.17) is 9.72 Å². The lowest BCUT2D eigenvalue weighted by Crippen LogP contribution is -2.40. The van der Waals surface area contributed by atoms with Crippen LogP contribution in [0.3, 0.4) is 0 Å². The summed E-state index contributed by atoms with van der Waals surface area (Å²) in [5, 5.41) is 1.18. The smallest absolute Gasteiger partial charge is 0.260 e. The van der Waals surface area contributed by atoms with Crippen LogP contribution in [0.2, 0.25) is 0 Å². The van der Waals surface area contributed by atoms with E-state index in [1.165, 1.54) is 9.71 Å². The molecule has 5 nitrogen and oxygen atoms in total. The Labute approximate surface area is 174 Å². The third kappa shape index (κ3) is 4.48. The van der Waals surface area contributed by atoms with Crippen LogP contribution in [0.5, 0.6) is 5.75 Å². The molecule has 0 unspecified atom stereocenters. The molecule has 6 heteroatoms. The lowest BCUT2D eigenvalue weighted by molar-refractivity contribution is -0.134. The monoisotopic (exact) mass is 408 g/mol. The number of amides is 1. The largest absolute Gasteiger partial charge is 0.484 e. The van der Waals surface area contributed by atoms with E-state index in [0.29, 0.717) is 23.7 Å². The number of nitrogens with zero attached hydrogens (tertiary/aromatic N) is 2. The molecule has 1 saturated heterocycles. The van der Waals surface area contributed by atoms with Gasteiger partial charge in [-0.05, 0) is 49.2 Å². The van der Waals surface area contributed by atoms with Crippen molar-refractivity contribution in [2.45, 2.75) is 32.1 Å². The fourth-order valence-corrected chi connectivity index (χ4v) is 4.75. The molecule has 0 spiro atoms. The fraction of sp³-hybridized carbons (Fsp3) is 0.348. The summed E-state index contributed by atoms with van der Waals surface area (Å²) in [6.45, 7) is 3.32. The molecule has 1 amide bonds. The minimum atomic E-state index is 0.00135. The molecule has 2 aromatic carbocycles. The molecule has 0 bridgehead atoms. The molecular weight excluding hydrogens is 384 g/mol. The quantitative estimate of drug-likeness (QED) is 0.556. The van der Waals surface area contributed by atoms with Crippen LogP contribution in [-0.2, 0) is 4.79 Å². The van der Waals surface area contributed by atoms with Gasteiger partial charge in [-0.1, -0.05) is 19.1 Å². The second-order valence-corrected chi connectivity index (χ2v) is 8.33. The number of thiazole rings is 1. The molecular formula is C23H24N2O3S. The number of Topliss-reactive ketones (excluding diaryl/α,β-unsaturated/α-hetero) is 1. The van der Waals surface area contributed by atoms with E-state index < -0.39 is 0 Å². The number of aromatic nitrogens is 1. The number of para-hydroxylation sites is 1. The topological polar surface area (TPSA) is 59.5 Å². The molecule has 3 aromatic rings. The summed E-state index contributed by atoms with van der Waals surface area (Å²) in [7, 11) is 0. The third-order valence-electron chi connectivity index (χ3n) is 5.37. The molecule has 2 heterocycles.